The summed E-state index contributed by atoms with van der Waals surface area (Å²) in [6.45, 7) is -0.258. The highest BCUT2D eigenvalue weighted by Gasteiger charge is 2.51. The number of rotatable bonds is 6. The van der Waals surface area contributed by atoms with E-state index >= 15 is 0 Å². The molecule has 0 saturated heterocycles. The van der Waals surface area contributed by atoms with Crippen LogP contribution in [-0.2, 0) is 4.74 Å². The summed E-state index contributed by atoms with van der Waals surface area (Å²) < 4.78 is 55.5. The van der Waals surface area contributed by atoms with E-state index in [4.69, 9.17) is 5.11 Å². The van der Waals surface area contributed by atoms with E-state index < -0.39 is 30.8 Å². The van der Waals surface area contributed by atoms with Gasteiger partial charge in [-0.05, 0) is 24.6 Å². The number of ether oxygens (including phenoxy) is 1. The molecule has 1 aromatic rings. The molecule has 0 aliphatic carbocycles. The van der Waals surface area contributed by atoms with Crippen LogP contribution in [0.25, 0.3) is 0 Å². The van der Waals surface area contributed by atoms with Crippen LogP contribution in [0, 0.1) is 0 Å². The van der Waals surface area contributed by atoms with Crippen LogP contribution < -0.4 is 0 Å². The van der Waals surface area contributed by atoms with Gasteiger partial charge in [0, 0.05) is 13.3 Å². The van der Waals surface area contributed by atoms with E-state index in [0.29, 0.717) is 0 Å². The van der Waals surface area contributed by atoms with Crippen LogP contribution in [0.5, 0.6) is 5.75 Å². The number of esters is 1. The van der Waals surface area contributed by atoms with Crippen molar-refractivity contribution in [1.29, 1.82) is 0 Å². The number of aromatic hydroxyl groups is 1. The van der Waals surface area contributed by atoms with Crippen LogP contribution in [0.3, 0.4) is 0 Å². The number of halogens is 4. The Kier molecular flexibility index (Phi) is 4.97. The third-order valence-corrected chi connectivity index (χ3v) is 2.59. The molecule has 20 heavy (non-hydrogen) atoms. The number of alkyl halides is 4. The molecule has 1 aromatic carbocycles. The van der Waals surface area contributed by atoms with Crippen molar-refractivity contribution in [3.63, 3.8) is 0 Å². The van der Waals surface area contributed by atoms with Gasteiger partial charge in [0.25, 0.3) is 0 Å². The Bertz CT molecular complexity index is 469. The monoisotopic (exact) mass is 294 g/mol. The van der Waals surface area contributed by atoms with Crippen molar-refractivity contribution in [3.05, 3.63) is 29.8 Å². The Morgan fingerprint density at radius 3 is 2.50 bits per heavy atom. The summed E-state index contributed by atoms with van der Waals surface area (Å²) in [7, 11) is 0. The zero-order valence-electron chi connectivity index (χ0n) is 10.7. The molecule has 0 heterocycles. The Morgan fingerprint density at radius 1 is 1.30 bits per heavy atom. The van der Waals surface area contributed by atoms with Crippen molar-refractivity contribution in [2.45, 2.75) is 31.6 Å². The molecule has 3 nitrogen and oxygen atoms in total. The minimum absolute atomic E-state index is 0.0533. The van der Waals surface area contributed by atoms with Crippen molar-refractivity contribution in [2.75, 3.05) is 6.61 Å². The molecule has 0 aliphatic rings. The third kappa shape index (κ3) is 4.40. The lowest BCUT2D eigenvalue weighted by Crippen LogP contribution is -2.37. The smallest absolute Gasteiger partial charge is 0.338 e. The van der Waals surface area contributed by atoms with E-state index in [0.717, 1.165) is 6.07 Å². The van der Waals surface area contributed by atoms with E-state index in [9.17, 15) is 22.4 Å². The summed E-state index contributed by atoms with van der Waals surface area (Å²) in [5.41, 5.74) is 0.0533. The van der Waals surface area contributed by atoms with Crippen LogP contribution in [0.4, 0.5) is 17.6 Å². The molecule has 0 radical (unpaired) electrons. The second-order valence-electron chi connectivity index (χ2n) is 4.38. The highest BCUT2D eigenvalue weighted by atomic mass is 19.3. The molecular weight excluding hydrogens is 280 g/mol. The summed E-state index contributed by atoms with van der Waals surface area (Å²) in [6, 6.07) is 5.28. The molecule has 0 aromatic heterocycles. The second-order valence-corrected chi connectivity index (χ2v) is 4.38. The average Bonchev–Trinajstić information content (AvgIpc) is 2.33. The minimum Gasteiger partial charge on any atom is -0.508 e. The lowest BCUT2D eigenvalue weighted by molar-refractivity contribution is -0.202. The molecule has 0 aliphatic heterocycles. The number of phenols is 1. The SMILES string of the molecule is CC(F)(F)C(F)(F)CCCOC(=O)c1cccc(O)c1. The van der Waals surface area contributed by atoms with E-state index in [1.165, 1.54) is 18.2 Å². The van der Waals surface area contributed by atoms with Gasteiger partial charge in [-0.1, -0.05) is 6.07 Å². The van der Waals surface area contributed by atoms with Crippen molar-refractivity contribution in [2.24, 2.45) is 0 Å². The van der Waals surface area contributed by atoms with E-state index in [1.54, 1.807) is 0 Å². The van der Waals surface area contributed by atoms with Gasteiger partial charge in [0.1, 0.15) is 5.75 Å². The summed E-state index contributed by atoms with van der Waals surface area (Å²) in [5, 5.41) is 9.14. The number of benzene rings is 1. The number of carbonyl (C=O) groups excluding carboxylic acids is 1. The molecule has 7 heteroatoms. The Morgan fingerprint density at radius 2 is 1.95 bits per heavy atom. The Hall–Kier alpha value is -1.79. The summed E-state index contributed by atoms with van der Waals surface area (Å²) in [6.07, 6.45) is -1.47. The summed E-state index contributed by atoms with van der Waals surface area (Å²) in [4.78, 5) is 11.4. The molecule has 1 rings (SSSR count). The highest BCUT2D eigenvalue weighted by Crippen LogP contribution is 2.37. The van der Waals surface area contributed by atoms with Crippen molar-refractivity contribution >= 4 is 5.97 Å². The standard InChI is InChI=1S/C13H14F4O3/c1-12(14,15)13(16,17)6-3-7-20-11(19)9-4-2-5-10(18)8-9/h2,4-5,8,18H,3,6-7H2,1H3. The third-order valence-electron chi connectivity index (χ3n) is 2.59. The number of carbonyl (C=O) groups is 1. The van der Waals surface area contributed by atoms with Crippen LogP contribution in [-0.4, -0.2) is 29.5 Å². The second kappa shape index (κ2) is 6.11. The van der Waals surface area contributed by atoms with Crippen LogP contribution >= 0.6 is 0 Å². The van der Waals surface area contributed by atoms with Crippen molar-refractivity contribution in [1.82, 2.24) is 0 Å². The molecule has 112 valence electrons. The highest BCUT2D eigenvalue weighted by molar-refractivity contribution is 5.89. The van der Waals surface area contributed by atoms with Gasteiger partial charge in [0.05, 0.1) is 12.2 Å². The Balaban J connectivity index is 2.40. The molecule has 0 amide bonds. The first-order valence-electron chi connectivity index (χ1n) is 5.85. The van der Waals surface area contributed by atoms with Gasteiger partial charge in [-0.3, -0.25) is 0 Å². The van der Waals surface area contributed by atoms with Gasteiger partial charge in [-0.2, -0.15) is 8.78 Å². The number of phenolic OH excluding ortho intramolecular Hbond substituents is 1. The molecule has 0 bridgehead atoms. The maximum atomic E-state index is 12.9. The molecule has 0 fully saturated rings. The van der Waals surface area contributed by atoms with Gasteiger partial charge in [0.15, 0.2) is 0 Å². The fraction of sp³-hybridized carbons (Fsp3) is 0.462. The van der Waals surface area contributed by atoms with Gasteiger partial charge < -0.3 is 9.84 Å². The fourth-order valence-electron chi connectivity index (χ4n) is 1.39. The van der Waals surface area contributed by atoms with Crippen molar-refractivity contribution < 1.29 is 32.2 Å². The first kappa shape index (κ1) is 16.3. The fourth-order valence-corrected chi connectivity index (χ4v) is 1.39. The predicted molar refractivity (Wildman–Crippen MR) is 63.2 cm³/mol. The maximum absolute atomic E-state index is 12.9. The van der Waals surface area contributed by atoms with Crippen LogP contribution in [0.2, 0.25) is 0 Å². The van der Waals surface area contributed by atoms with Gasteiger partial charge in [-0.25, -0.2) is 13.6 Å². The molecule has 0 unspecified atom stereocenters. The molecule has 0 atom stereocenters. The topological polar surface area (TPSA) is 46.5 Å². The summed E-state index contributed by atoms with van der Waals surface area (Å²) in [5.74, 6) is -9.20. The number of hydrogen-bond donors (Lipinski definition) is 1. The van der Waals surface area contributed by atoms with Gasteiger partial charge >= 0.3 is 17.8 Å². The molecule has 0 spiro atoms. The van der Waals surface area contributed by atoms with Crippen LogP contribution in [0.1, 0.15) is 30.1 Å². The van der Waals surface area contributed by atoms with Gasteiger partial charge in [-0.15, -0.1) is 0 Å². The van der Waals surface area contributed by atoms with Crippen LogP contribution in [0.15, 0.2) is 24.3 Å². The van der Waals surface area contributed by atoms with E-state index in [1.807, 2.05) is 0 Å². The summed E-state index contributed by atoms with van der Waals surface area (Å²) >= 11 is 0. The average molecular weight is 294 g/mol. The zero-order valence-corrected chi connectivity index (χ0v) is 10.7. The van der Waals surface area contributed by atoms with Gasteiger partial charge in [0.2, 0.25) is 0 Å². The lowest BCUT2D eigenvalue weighted by atomic mass is 10.1. The normalized spacial score (nSPS) is 12.2. The lowest BCUT2D eigenvalue weighted by Gasteiger charge is -2.22. The van der Waals surface area contributed by atoms with E-state index in [2.05, 4.69) is 4.74 Å². The Labute approximate surface area is 113 Å². The molecular formula is C13H14F4O3. The zero-order chi connectivity index (χ0) is 15.4. The van der Waals surface area contributed by atoms with E-state index in [-0.39, 0.29) is 24.7 Å². The first-order chi connectivity index (χ1) is 9.13. The number of hydrogen-bond acceptors (Lipinski definition) is 3. The first-order valence-corrected chi connectivity index (χ1v) is 5.85. The quantitative estimate of drug-likeness (QED) is 0.495. The minimum atomic E-state index is -4.13. The molecule has 0 saturated carbocycles. The predicted octanol–water partition coefficient (Wildman–Crippen LogP) is 3.62. The van der Waals surface area contributed by atoms with Crippen molar-refractivity contribution in [3.8, 4) is 5.75 Å². The maximum Gasteiger partial charge on any atom is 0.338 e. The molecule has 1 N–H and O–H groups in total. The largest absolute Gasteiger partial charge is 0.508 e.